The van der Waals surface area contributed by atoms with Crippen LogP contribution in [0.2, 0.25) is 0 Å². The zero-order chi connectivity index (χ0) is 24.6. The molecule has 0 bridgehead atoms. The lowest BCUT2D eigenvalue weighted by atomic mass is 9.98. The van der Waals surface area contributed by atoms with Gasteiger partial charge in [0.05, 0.1) is 12.5 Å². The molecular weight excluding hydrogens is 448 g/mol. The minimum Gasteiger partial charge on any atom is -0.481 e. The van der Waals surface area contributed by atoms with E-state index in [1.807, 2.05) is 78.9 Å². The van der Waals surface area contributed by atoms with Gasteiger partial charge in [0.2, 0.25) is 0 Å². The number of carbonyl (C=O) groups excluding carboxylic acids is 2. The lowest BCUT2D eigenvalue weighted by Crippen LogP contribution is -2.45. The van der Waals surface area contributed by atoms with Gasteiger partial charge in [0.15, 0.2) is 0 Å². The zero-order valence-corrected chi connectivity index (χ0v) is 19.0. The first-order valence-electron chi connectivity index (χ1n) is 11.3. The number of amides is 2. The molecule has 1 aliphatic carbocycles. The molecule has 1 unspecified atom stereocenters. The SMILES string of the molecule is O=C(O)CC(CNC(=O)OCc1ccccc1)NC(=O)OCC1c2ccccc2-c2ccccc21. The largest absolute Gasteiger partial charge is 0.481 e. The van der Waals surface area contributed by atoms with Crippen molar-refractivity contribution >= 4 is 18.2 Å². The van der Waals surface area contributed by atoms with Crippen molar-refractivity contribution in [1.82, 2.24) is 10.6 Å². The second-order valence-electron chi connectivity index (χ2n) is 8.21. The average Bonchev–Trinajstić information content (AvgIpc) is 3.19. The summed E-state index contributed by atoms with van der Waals surface area (Å²) < 4.78 is 10.6. The number of aliphatic carboxylic acids is 1. The Kier molecular flexibility index (Phi) is 7.62. The molecule has 1 atom stereocenters. The van der Waals surface area contributed by atoms with E-state index >= 15 is 0 Å². The fourth-order valence-electron chi connectivity index (χ4n) is 4.17. The molecule has 3 aromatic rings. The van der Waals surface area contributed by atoms with E-state index in [-0.39, 0.29) is 32.1 Å². The van der Waals surface area contributed by atoms with Crippen LogP contribution in [-0.2, 0) is 20.9 Å². The van der Waals surface area contributed by atoms with Crippen molar-refractivity contribution in [2.24, 2.45) is 0 Å². The minimum atomic E-state index is -1.12. The molecule has 0 aliphatic heterocycles. The molecule has 180 valence electrons. The summed E-state index contributed by atoms with van der Waals surface area (Å²) in [5.74, 6) is -1.23. The Labute approximate surface area is 202 Å². The van der Waals surface area contributed by atoms with Gasteiger partial charge < -0.3 is 25.2 Å². The van der Waals surface area contributed by atoms with Crippen LogP contribution in [-0.4, -0.2) is 42.5 Å². The Balaban J connectivity index is 1.30. The summed E-state index contributed by atoms with van der Waals surface area (Å²) in [6, 6.07) is 24.2. The third kappa shape index (κ3) is 6.17. The first kappa shape index (κ1) is 23.8. The van der Waals surface area contributed by atoms with Crippen molar-refractivity contribution in [3.05, 3.63) is 95.6 Å². The van der Waals surface area contributed by atoms with Crippen molar-refractivity contribution in [3.8, 4) is 11.1 Å². The third-order valence-corrected chi connectivity index (χ3v) is 5.79. The maximum atomic E-state index is 12.5. The average molecular weight is 475 g/mol. The number of hydrogen-bond acceptors (Lipinski definition) is 5. The highest BCUT2D eigenvalue weighted by atomic mass is 16.6. The molecule has 8 nitrogen and oxygen atoms in total. The van der Waals surface area contributed by atoms with Crippen LogP contribution in [0.4, 0.5) is 9.59 Å². The zero-order valence-electron chi connectivity index (χ0n) is 19.0. The first-order chi connectivity index (χ1) is 17.0. The highest BCUT2D eigenvalue weighted by Crippen LogP contribution is 2.44. The smallest absolute Gasteiger partial charge is 0.407 e. The molecule has 35 heavy (non-hydrogen) atoms. The van der Waals surface area contributed by atoms with Crippen molar-refractivity contribution < 1.29 is 29.0 Å². The van der Waals surface area contributed by atoms with Gasteiger partial charge in [-0.25, -0.2) is 9.59 Å². The summed E-state index contributed by atoms with van der Waals surface area (Å²) >= 11 is 0. The molecule has 0 saturated heterocycles. The van der Waals surface area contributed by atoms with Gasteiger partial charge in [-0.3, -0.25) is 4.79 Å². The van der Waals surface area contributed by atoms with Gasteiger partial charge in [0.25, 0.3) is 0 Å². The van der Waals surface area contributed by atoms with Gasteiger partial charge in [-0.1, -0.05) is 78.9 Å². The minimum absolute atomic E-state index is 0.0794. The topological polar surface area (TPSA) is 114 Å². The predicted molar refractivity (Wildman–Crippen MR) is 129 cm³/mol. The van der Waals surface area contributed by atoms with Crippen molar-refractivity contribution in [2.45, 2.75) is 25.0 Å². The Bertz CT molecular complexity index is 1150. The van der Waals surface area contributed by atoms with Gasteiger partial charge in [0.1, 0.15) is 13.2 Å². The number of carbonyl (C=O) groups is 3. The highest BCUT2D eigenvalue weighted by Gasteiger charge is 2.29. The normalized spacial score (nSPS) is 12.7. The number of carboxylic acids is 1. The molecule has 0 fully saturated rings. The Hall–Kier alpha value is -4.33. The second kappa shape index (κ2) is 11.2. The predicted octanol–water partition coefficient (Wildman–Crippen LogP) is 4.29. The van der Waals surface area contributed by atoms with E-state index in [4.69, 9.17) is 9.47 Å². The quantitative estimate of drug-likeness (QED) is 0.426. The van der Waals surface area contributed by atoms with E-state index in [0.29, 0.717) is 0 Å². The van der Waals surface area contributed by atoms with Crippen LogP contribution in [0.1, 0.15) is 29.0 Å². The maximum absolute atomic E-state index is 12.5. The molecule has 4 rings (SSSR count). The van der Waals surface area contributed by atoms with Gasteiger partial charge in [-0.05, 0) is 27.8 Å². The number of nitrogens with one attached hydrogen (secondary N) is 2. The number of benzene rings is 3. The van der Waals surface area contributed by atoms with Crippen molar-refractivity contribution in [1.29, 1.82) is 0 Å². The number of hydrogen-bond donors (Lipinski definition) is 3. The van der Waals surface area contributed by atoms with E-state index in [2.05, 4.69) is 10.6 Å². The summed E-state index contributed by atoms with van der Waals surface area (Å²) in [5, 5.41) is 14.2. The Morgan fingerprint density at radius 3 is 2.03 bits per heavy atom. The van der Waals surface area contributed by atoms with Gasteiger partial charge >= 0.3 is 18.2 Å². The van der Waals surface area contributed by atoms with Crippen LogP contribution in [0.3, 0.4) is 0 Å². The van der Waals surface area contributed by atoms with Crippen molar-refractivity contribution in [3.63, 3.8) is 0 Å². The standard InChI is InChI=1S/C27H26N2O6/c30-25(31)14-19(15-28-26(32)34-16-18-8-2-1-3-9-18)29-27(33)35-17-24-22-12-6-4-10-20(22)21-11-5-7-13-23(21)24/h1-13,19,24H,14-17H2,(H,28,32)(H,29,33)(H,30,31). The number of fused-ring (bicyclic) bond motifs is 3. The van der Waals surface area contributed by atoms with E-state index in [0.717, 1.165) is 27.8 Å². The van der Waals surface area contributed by atoms with E-state index in [1.54, 1.807) is 0 Å². The number of rotatable bonds is 9. The van der Waals surface area contributed by atoms with E-state index < -0.39 is 24.2 Å². The fraction of sp³-hybridized carbons (Fsp3) is 0.222. The summed E-state index contributed by atoms with van der Waals surface area (Å²) in [5.41, 5.74) is 5.19. The summed E-state index contributed by atoms with van der Waals surface area (Å²) in [7, 11) is 0. The molecular formula is C27H26N2O6. The lowest BCUT2D eigenvalue weighted by molar-refractivity contribution is -0.137. The molecule has 8 heteroatoms. The second-order valence-corrected chi connectivity index (χ2v) is 8.21. The van der Waals surface area contributed by atoms with Crippen LogP contribution in [0.15, 0.2) is 78.9 Å². The highest BCUT2D eigenvalue weighted by molar-refractivity contribution is 5.79. The van der Waals surface area contributed by atoms with Crippen LogP contribution in [0.25, 0.3) is 11.1 Å². The molecule has 0 saturated carbocycles. The number of carboxylic acid groups (broad SMARTS) is 1. The van der Waals surface area contributed by atoms with E-state index in [1.165, 1.54) is 0 Å². The lowest BCUT2D eigenvalue weighted by Gasteiger charge is -2.19. The van der Waals surface area contributed by atoms with Crippen LogP contribution >= 0.6 is 0 Å². The van der Waals surface area contributed by atoms with Crippen LogP contribution in [0, 0.1) is 0 Å². The molecule has 2 amide bonds. The molecule has 0 radical (unpaired) electrons. The summed E-state index contributed by atoms with van der Waals surface area (Å²) in [6.45, 7) is 0.0619. The number of alkyl carbamates (subject to hydrolysis) is 2. The fourth-order valence-corrected chi connectivity index (χ4v) is 4.17. The first-order valence-corrected chi connectivity index (χ1v) is 11.3. The van der Waals surface area contributed by atoms with Crippen LogP contribution in [0.5, 0.6) is 0 Å². The number of ether oxygens (including phenoxy) is 2. The Morgan fingerprint density at radius 1 is 0.800 bits per heavy atom. The summed E-state index contributed by atoms with van der Waals surface area (Å²) in [6.07, 6.45) is -1.85. The van der Waals surface area contributed by atoms with Crippen molar-refractivity contribution in [2.75, 3.05) is 13.2 Å². The van der Waals surface area contributed by atoms with Gasteiger partial charge in [0, 0.05) is 12.5 Å². The Morgan fingerprint density at radius 2 is 1.40 bits per heavy atom. The van der Waals surface area contributed by atoms with Crippen LogP contribution < -0.4 is 10.6 Å². The van der Waals surface area contributed by atoms with Gasteiger partial charge in [-0.15, -0.1) is 0 Å². The molecule has 0 spiro atoms. The molecule has 1 aliphatic rings. The monoisotopic (exact) mass is 474 g/mol. The van der Waals surface area contributed by atoms with E-state index in [9.17, 15) is 19.5 Å². The molecule has 0 aromatic heterocycles. The molecule has 3 N–H and O–H groups in total. The molecule has 3 aromatic carbocycles. The molecule has 0 heterocycles. The van der Waals surface area contributed by atoms with Gasteiger partial charge in [-0.2, -0.15) is 0 Å². The summed E-state index contributed by atoms with van der Waals surface area (Å²) in [4.78, 5) is 35.8. The third-order valence-electron chi connectivity index (χ3n) is 5.79. The maximum Gasteiger partial charge on any atom is 0.407 e.